The summed E-state index contributed by atoms with van der Waals surface area (Å²) in [6, 6.07) is 9.41. The molecule has 1 N–H and O–H groups in total. The van der Waals surface area contributed by atoms with Crippen LogP contribution in [0.5, 0.6) is 0 Å². The lowest BCUT2D eigenvalue weighted by molar-refractivity contribution is -0.137. The second-order valence-electron chi connectivity index (χ2n) is 8.06. The molecule has 1 aliphatic rings. The predicted molar refractivity (Wildman–Crippen MR) is 137 cm³/mol. The van der Waals surface area contributed by atoms with Crippen molar-refractivity contribution >= 4 is 57.7 Å². The van der Waals surface area contributed by atoms with Crippen LogP contribution in [0.1, 0.15) is 49.0 Å². The Morgan fingerprint density at radius 1 is 1.16 bits per heavy atom. The van der Waals surface area contributed by atoms with Crippen molar-refractivity contribution in [3.63, 3.8) is 0 Å². The number of rotatable bonds is 9. The number of hydrogen-bond acceptors (Lipinski definition) is 6. The van der Waals surface area contributed by atoms with Gasteiger partial charge in [0.05, 0.1) is 28.4 Å². The Bertz CT molecular complexity index is 1190. The molecule has 0 spiro atoms. The van der Waals surface area contributed by atoms with E-state index in [2.05, 4.69) is 10.3 Å². The number of hydrogen-bond donors (Lipinski definition) is 1. The number of anilines is 1. The van der Waals surface area contributed by atoms with Crippen LogP contribution in [-0.2, 0) is 20.5 Å². The first kappa shape index (κ1) is 28.5. The van der Waals surface area contributed by atoms with Gasteiger partial charge in [0.15, 0.2) is 5.17 Å². The molecule has 12 heteroatoms. The summed E-state index contributed by atoms with van der Waals surface area (Å²) < 4.78 is 44.7. The third-order valence-electron chi connectivity index (χ3n) is 5.29. The van der Waals surface area contributed by atoms with E-state index in [0.29, 0.717) is 24.2 Å². The first-order valence-electron chi connectivity index (χ1n) is 11.5. The monoisotopic (exact) mass is 555 g/mol. The van der Waals surface area contributed by atoms with Gasteiger partial charge in [-0.2, -0.15) is 13.2 Å². The molecule has 0 bridgehead atoms. The second-order valence-corrected chi connectivity index (χ2v) is 9.63. The average Bonchev–Trinajstić information content (AvgIpc) is 3.12. The molecule has 198 valence electrons. The van der Waals surface area contributed by atoms with Gasteiger partial charge in [0, 0.05) is 18.7 Å². The molecule has 2 aromatic carbocycles. The number of aliphatic imine (C=N–C) groups is 1. The number of thioether (sulfide) groups is 1. The van der Waals surface area contributed by atoms with Crippen LogP contribution in [0.15, 0.2) is 47.5 Å². The third-order valence-corrected chi connectivity index (χ3v) is 6.79. The molecule has 0 radical (unpaired) electrons. The number of benzene rings is 2. The molecule has 3 rings (SSSR count). The molecule has 1 aliphatic heterocycles. The molecule has 7 nitrogen and oxygen atoms in total. The molecular formula is C25H25ClF3N3O4S. The topological polar surface area (TPSA) is 88.1 Å². The first-order chi connectivity index (χ1) is 17.5. The summed E-state index contributed by atoms with van der Waals surface area (Å²) >= 11 is 6.73. The molecular weight excluding hydrogens is 531 g/mol. The Balaban J connectivity index is 1.74. The van der Waals surface area contributed by atoms with Crippen LogP contribution < -0.4 is 5.32 Å². The van der Waals surface area contributed by atoms with Crippen LogP contribution in [0, 0.1) is 0 Å². The van der Waals surface area contributed by atoms with E-state index in [-0.39, 0.29) is 29.8 Å². The summed E-state index contributed by atoms with van der Waals surface area (Å²) in [7, 11) is 0. The van der Waals surface area contributed by atoms with Crippen molar-refractivity contribution in [1.82, 2.24) is 4.90 Å². The van der Waals surface area contributed by atoms with E-state index in [1.807, 2.05) is 6.92 Å². The fourth-order valence-electron chi connectivity index (χ4n) is 3.44. The number of ether oxygens (including phenoxy) is 1. The molecule has 1 fully saturated rings. The van der Waals surface area contributed by atoms with E-state index in [9.17, 15) is 27.6 Å². The maximum Gasteiger partial charge on any atom is 0.417 e. The lowest BCUT2D eigenvalue weighted by Crippen LogP contribution is -2.34. The minimum absolute atomic E-state index is 0.000291. The summed E-state index contributed by atoms with van der Waals surface area (Å²) in [5.41, 5.74) is -0.244. The highest BCUT2D eigenvalue weighted by Gasteiger charge is 2.39. The van der Waals surface area contributed by atoms with Crippen molar-refractivity contribution in [1.29, 1.82) is 0 Å². The molecule has 1 saturated heterocycles. The molecule has 0 saturated carbocycles. The number of halogens is 4. The number of carbonyl (C=O) groups is 3. The lowest BCUT2D eigenvalue weighted by atomic mass is 10.2. The number of esters is 1. The molecule has 0 unspecified atom stereocenters. The SMILES string of the molecule is CCCCN1C(=O)[C@H](CC(=O)Nc2ccc(C(=O)OCC)cc2)SC1=Nc1ccc(Cl)c(C(F)(F)F)c1. The van der Waals surface area contributed by atoms with E-state index < -0.39 is 33.9 Å². The van der Waals surface area contributed by atoms with Crippen molar-refractivity contribution in [2.75, 3.05) is 18.5 Å². The number of nitrogens with zero attached hydrogens (tertiary/aromatic N) is 2. The van der Waals surface area contributed by atoms with Crippen molar-refractivity contribution in [2.45, 2.75) is 44.5 Å². The Morgan fingerprint density at radius 2 is 1.86 bits per heavy atom. The van der Waals surface area contributed by atoms with Gasteiger partial charge < -0.3 is 10.1 Å². The summed E-state index contributed by atoms with van der Waals surface area (Å²) in [6.45, 7) is 4.21. The average molecular weight is 556 g/mol. The van der Waals surface area contributed by atoms with Gasteiger partial charge >= 0.3 is 12.1 Å². The quantitative estimate of drug-likeness (QED) is 0.367. The van der Waals surface area contributed by atoms with Crippen LogP contribution in [0.2, 0.25) is 5.02 Å². The summed E-state index contributed by atoms with van der Waals surface area (Å²) in [5, 5.41) is 1.68. The van der Waals surface area contributed by atoms with E-state index >= 15 is 0 Å². The number of unbranched alkanes of at least 4 members (excludes halogenated alkanes) is 1. The first-order valence-corrected chi connectivity index (χ1v) is 12.8. The predicted octanol–water partition coefficient (Wildman–Crippen LogP) is 6.30. The fraction of sp³-hybridized carbons (Fsp3) is 0.360. The molecule has 2 aromatic rings. The number of alkyl halides is 3. The summed E-state index contributed by atoms with van der Waals surface area (Å²) in [4.78, 5) is 43.2. The van der Waals surface area contributed by atoms with Crippen LogP contribution in [0.25, 0.3) is 0 Å². The summed E-state index contributed by atoms with van der Waals surface area (Å²) in [6.07, 6.45) is -3.37. The van der Waals surface area contributed by atoms with Gasteiger partial charge in [-0.1, -0.05) is 36.7 Å². The second kappa shape index (κ2) is 12.5. The van der Waals surface area contributed by atoms with Gasteiger partial charge in [-0.25, -0.2) is 9.79 Å². The van der Waals surface area contributed by atoms with Crippen molar-refractivity contribution in [3.8, 4) is 0 Å². The van der Waals surface area contributed by atoms with Gasteiger partial charge in [-0.3, -0.25) is 14.5 Å². The van der Waals surface area contributed by atoms with Crippen LogP contribution in [0.4, 0.5) is 24.5 Å². The molecule has 1 atom stereocenters. The fourth-order valence-corrected chi connectivity index (χ4v) is 4.85. The van der Waals surface area contributed by atoms with Crippen LogP contribution >= 0.6 is 23.4 Å². The van der Waals surface area contributed by atoms with E-state index in [0.717, 1.165) is 30.3 Å². The van der Waals surface area contributed by atoms with Gasteiger partial charge in [0.25, 0.3) is 0 Å². The maximum absolute atomic E-state index is 13.3. The van der Waals surface area contributed by atoms with Crippen molar-refractivity contribution < 1.29 is 32.3 Å². The lowest BCUT2D eigenvalue weighted by Gasteiger charge is -2.16. The molecule has 1 heterocycles. The van der Waals surface area contributed by atoms with E-state index in [4.69, 9.17) is 16.3 Å². The normalized spacial score (nSPS) is 16.8. The van der Waals surface area contributed by atoms with Gasteiger partial charge in [-0.15, -0.1) is 0 Å². The zero-order valence-electron chi connectivity index (χ0n) is 20.1. The maximum atomic E-state index is 13.3. The minimum atomic E-state index is -4.65. The largest absolute Gasteiger partial charge is 0.462 e. The third kappa shape index (κ3) is 7.48. The molecule has 0 aromatic heterocycles. The van der Waals surface area contributed by atoms with Gasteiger partial charge in [-0.05, 0) is 55.8 Å². The molecule has 37 heavy (non-hydrogen) atoms. The molecule has 0 aliphatic carbocycles. The number of nitrogens with one attached hydrogen (secondary N) is 1. The zero-order chi connectivity index (χ0) is 27.2. The minimum Gasteiger partial charge on any atom is -0.462 e. The van der Waals surface area contributed by atoms with E-state index in [1.54, 1.807) is 19.1 Å². The Kier molecular flexibility index (Phi) is 9.61. The van der Waals surface area contributed by atoms with Gasteiger partial charge in [0.2, 0.25) is 11.8 Å². The van der Waals surface area contributed by atoms with Crippen LogP contribution in [-0.4, -0.2) is 46.3 Å². The Morgan fingerprint density at radius 3 is 2.49 bits per heavy atom. The van der Waals surface area contributed by atoms with Gasteiger partial charge in [0.1, 0.15) is 5.25 Å². The van der Waals surface area contributed by atoms with Crippen molar-refractivity contribution in [3.05, 3.63) is 58.6 Å². The molecule has 2 amide bonds. The number of amides is 2. The van der Waals surface area contributed by atoms with Crippen molar-refractivity contribution in [2.24, 2.45) is 4.99 Å². The van der Waals surface area contributed by atoms with E-state index in [1.165, 1.54) is 23.1 Å². The Hall–Kier alpha value is -3.05. The van der Waals surface area contributed by atoms with Crippen LogP contribution in [0.3, 0.4) is 0 Å². The Labute approximate surface area is 221 Å². The number of amidine groups is 1. The highest BCUT2D eigenvalue weighted by molar-refractivity contribution is 8.15. The number of carbonyl (C=O) groups excluding carboxylic acids is 3. The zero-order valence-corrected chi connectivity index (χ0v) is 21.7. The highest BCUT2D eigenvalue weighted by atomic mass is 35.5. The highest BCUT2D eigenvalue weighted by Crippen LogP contribution is 2.38. The standard InChI is InChI=1S/C25H25ClF3N3O4S/c1-3-5-12-32-22(34)20(14-21(33)30-16-8-6-15(7-9-16)23(35)36-4-2)37-24(32)31-17-10-11-19(26)18(13-17)25(27,28)29/h6-11,13,20H,3-5,12,14H2,1-2H3,(H,30,33)/t20-/m0/s1. The summed E-state index contributed by atoms with van der Waals surface area (Å²) in [5.74, 6) is -1.25. The smallest absolute Gasteiger partial charge is 0.417 e.